The molecule has 0 aliphatic carbocycles. The maximum Gasteiger partial charge on any atom is 0.200 e. The van der Waals surface area contributed by atoms with Gasteiger partial charge in [0.15, 0.2) is 11.5 Å². The Morgan fingerprint density at radius 2 is 1.50 bits per heavy atom. The van der Waals surface area contributed by atoms with E-state index in [9.17, 15) is 10.2 Å². The fourth-order valence-corrected chi connectivity index (χ4v) is 1.64. The minimum Gasteiger partial charge on any atom is -0.504 e. The van der Waals surface area contributed by atoms with Crippen molar-refractivity contribution in [2.24, 2.45) is 0 Å². The Labute approximate surface area is 117 Å². The molecule has 20 heavy (non-hydrogen) atoms. The highest BCUT2D eigenvalue weighted by Crippen LogP contribution is 2.35. The fourth-order valence-electron chi connectivity index (χ4n) is 1.64. The molecule has 2 aromatic rings. The molecule has 0 fully saturated rings. The van der Waals surface area contributed by atoms with Gasteiger partial charge in [0.05, 0.1) is 14.2 Å². The van der Waals surface area contributed by atoms with Gasteiger partial charge < -0.3 is 19.7 Å². The third-order valence-electron chi connectivity index (χ3n) is 2.72. The van der Waals surface area contributed by atoms with Crippen LogP contribution in [-0.4, -0.2) is 24.4 Å². The Kier molecular flexibility index (Phi) is 4.02. The van der Waals surface area contributed by atoms with E-state index in [1.54, 1.807) is 13.2 Å². The minimum absolute atomic E-state index is 0.184. The maximum absolute atomic E-state index is 9.56. The zero-order valence-electron chi connectivity index (χ0n) is 11.2. The standard InChI is InChI=1S/C16H14O4/c1-19-13-7-5-11(6-8-13)3-4-12-9-14(17)16(18)15(10-12)20-2/h5-10,17-18H,1-2H3. The molecule has 0 atom stereocenters. The first-order valence-corrected chi connectivity index (χ1v) is 5.90. The first kappa shape index (κ1) is 13.6. The van der Waals surface area contributed by atoms with E-state index in [2.05, 4.69) is 11.8 Å². The number of aromatic hydroxyl groups is 2. The Bertz CT molecular complexity index is 663. The molecule has 4 nitrogen and oxygen atoms in total. The molecular formula is C16H14O4. The summed E-state index contributed by atoms with van der Waals surface area (Å²) >= 11 is 0. The number of ether oxygens (including phenoxy) is 2. The normalized spacial score (nSPS) is 9.50. The van der Waals surface area contributed by atoms with Gasteiger partial charge in [0.25, 0.3) is 0 Å². The van der Waals surface area contributed by atoms with Crippen LogP contribution >= 0.6 is 0 Å². The quantitative estimate of drug-likeness (QED) is 0.650. The van der Waals surface area contributed by atoms with Gasteiger partial charge in [-0.1, -0.05) is 11.8 Å². The van der Waals surface area contributed by atoms with Crippen molar-refractivity contribution in [3.8, 4) is 34.8 Å². The predicted octanol–water partition coefficient (Wildman–Crippen LogP) is 2.51. The highest BCUT2D eigenvalue weighted by Gasteiger charge is 2.08. The lowest BCUT2D eigenvalue weighted by atomic mass is 10.1. The SMILES string of the molecule is COc1ccc(C#Cc2cc(O)c(O)c(OC)c2)cc1. The van der Waals surface area contributed by atoms with Gasteiger partial charge in [-0.15, -0.1) is 0 Å². The molecule has 0 amide bonds. The molecular weight excluding hydrogens is 256 g/mol. The monoisotopic (exact) mass is 270 g/mol. The number of phenolic OH excluding ortho intramolecular Hbond substituents is 2. The highest BCUT2D eigenvalue weighted by atomic mass is 16.5. The highest BCUT2D eigenvalue weighted by molar-refractivity contribution is 5.56. The van der Waals surface area contributed by atoms with Crippen molar-refractivity contribution < 1.29 is 19.7 Å². The number of rotatable bonds is 2. The summed E-state index contributed by atoms with van der Waals surface area (Å²) in [6.07, 6.45) is 0. The molecule has 0 radical (unpaired) electrons. The average molecular weight is 270 g/mol. The van der Waals surface area contributed by atoms with Crippen LogP contribution in [0, 0.1) is 11.8 Å². The maximum atomic E-state index is 9.56. The van der Waals surface area contributed by atoms with Gasteiger partial charge in [-0.3, -0.25) is 0 Å². The second-order valence-corrected chi connectivity index (χ2v) is 4.02. The molecule has 2 rings (SSSR count). The van der Waals surface area contributed by atoms with Crippen molar-refractivity contribution in [1.29, 1.82) is 0 Å². The van der Waals surface area contributed by atoms with E-state index in [-0.39, 0.29) is 17.2 Å². The van der Waals surface area contributed by atoms with Crippen LogP contribution in [0.25, 0.3) is 0 Å². The summed E-state index contributed by atoms with van der Waals surface area (Å²) in [4.78, 5) is 0. The van der Waals surface area contributed by atoms with Crippen LogP contribution < -0.4 is 9.47 Å². The van der Waals surface area contributed by atoms with Crippen LogP contribution in [0.15, 0.2) is 36.4 Å². The van der Waals surface area contributed by atoms with Gasteiger partial charge in [0.2, 0.25) is 5.75 Å². The Hall–Kier alpha value is -2.80. The van der Waals surface area contributed by atoms with Gasteiger partial charge in [-0.2, -0.15) is 0 Å². The zero-order chi connectivity index (χ0) is 14.5. The Balaban J connectivity index is 2.30. The summed E-state index contributed by atoms with van der Waals surface area (Å²) in [6, 6.07) is 10.3. The summed E-state index contributed by atoms with van der Waals surface area (Å²) < 4.78 is 10.0. The summed E-state index contributed by atoms with van der Waals surface area (Å²) in [7, 11) is 3.02. The van der Waals surface area contributed by atoms with Crippen molar-refractivity contribution >= 4 is 0 Å². The molecule has 102 valence electrons. The lowest BCUT2D eigenvalue weighted by Gasteiger charge is -2.05. The number of phenols is 2. The number of hydrogen-bond acceptors (Lipinski definition) is 4. The third kappa shape index (κ3) is 2.96. The Morgan fingerprint density at radius 3 is 2.10 bits per heavy atom. The van der Waals surface area contributed by atoms with E-state index in [4.69, 9.17) is 9.47 Å². The van der Waals surface area contributed by atoms with Gasteiger partial charge >= 0.3 is 0 Å². The lowest BCUT2D eigenvalue weighted by Crippen LogP contribution is -1.86. The van der Waals surface area contributed by atoms with Crippen LogP contribution in [-0.2, 0) is 0 Å². The predicted molar refractivity (Wildman–Crippen MR) is 75.3 cm³/mol. The largest absolute Gasteiger partial charge is 0.504 e. The van der Waals surface area contributed by atoms with Crippen molar-refractivity contribution in [3.05, 3.63) is 47.5 Å². The van der Waals surface area contributed by atoms with Gasteiger partial charge in [0, 0.05) is 11.1 Å². The van der Waals surface area contributed by atoms with Gasteiger partial charge in [-0.25, -0.2) is 0 Å². The van der Waals surface area contributed by atoms with E-state index in [1.165, 1.54) is 13.2 Å². The number of benzene rings is 2. The van der Waals surface area contributed by atoms with Crippen LogP contribution in [0.2, 0.25) is 0 Å². The molecule has 4 heteroatoms. The Morgan fingerprint density at radius 1 is 0.850 bits per heavy atom. The van der Waals surface area contributed by atoms with E-state index < -0.39 is 0 Å². The lowest BCUT2D eigenvalue weighted by molar-refractivity contribution is 0.351. The average Bonchev–Trinajstić information content (AvgIpc) is 2.48. The van der Waals surface area contributed by atoms with Crippen molar-refractivity contribution in [2.45, 2.75) is 0 Å². The van der Waals surface area contributed by atoms with Gasteiger partial charge in [-0.05, 0) is 36.4 Å². The van der Waals surface area contributed by atoms with E-state index in [0.717, 1.165) is 11.3 Å². The van der Waals surface area contributed by atoms with Gasteiger partial charge in [0.1, 0.15) is 5.75 Å². The van der Waals surface area contributed by atoms with Crippen LogP contribution in [0.1, 0.15) is 11.1 Å². The zero-order valence-corrected chi connectivity index (χ0v) is 11.2. The first-order chi connectivity index (χ1) is 9.63. The van der Waals surface area contributed by atoms with Crippen molar-refractivity contribution in [2.75, 3.05) is 14.2 Å². The fraction of sp³-hybridized carbons (Fsp3) is 0.125. The van der Waals surface area contributed by atoms with Crippen molar-refractivity contribution in [1.82, 2.24) is 0 Å². The van der Waals surface area contributed by atoms with Crippen LogP contribution in [0.5, 0.6) is 23.0 Å². The second kappa shape index (κ2) is 5.89. The summed E-state index contributed by atoms with van der Waals surface area (Å²) in [6.45, 7) is 0. The molecule has 0 aromatic heterocycles. The van der Waals surface area contributed by atoms with Crippen LogP contribution in [0.3, 0.4) is 0 Å². The molecule has 0 aliphatic heterocycles. The summed E-state index contributed by atoms with van der Waals surface area (Å²) in [5.41, 5.74) is 1.37. The summed E-state index contributed by atoms with van der Waals surface area (Å²) in [5.74, 6) is 6.25. The first-order valence-electron chi connectivity index (χ1n) is 5.90. The molecule has 0 spiro atoms. The molecule has 0 bridgehead atoms. The smallest absolute Gasteiger partial charge is 0.200 e. The topological polar surface area (TPSA) is 58.9 Å². The van der Waals surface area contributed by atoms with E-state index in [1.807, 2.05) is 24.3 Å². The molecule has 0 saturated heterocycles. The molecule has 0 aliphatic rings. The minimum atomic E-state index is -0.289. The van der Waals surface area contributed by atoms with E-state index >= 15 is 0 Å². The van der Waals surface area contributed by atoms with Crippen LogP contribution in [0.4, 0.5) is 0 Å². The number of methoxy groups -OCH3 is 2. The summed E-state index contributed by atoms with van der Waals surface area (Å²) in [5, 5.41) is 19.1. The molecule has 0 unspecified atom stereocenters. The molecule has 0 heterocycles. The number of hydrogen-bond donors (Lipinski definition) is 2. The second-order valence-electron chi connectivity index (χ2n) is 4.02. The molecule has 2 aromatic carbocycles. The molecule has 0 saturated carbocycles. The van der Waals surface area contributed by atoms with Crippen molar-refractivity contribution in [3.63, 3.8) is 0 Å². The third-order valence-corrected chi connectivity index (χ3v) is 2.72. The van der Waals surface area contributed by atoms with E-state index in [0.29, 0.717) is 5.56 Å². The molecule has 2 N–H and O–H groups in total.